The number of anilines is 1. The van der Waals surface area contributed by atoms with Gasteiger partial charge in [0, 0.05) is 0 Å². The number of alkyl halides is 2. The zero-order chi connectivity index (χ0) is 11.8. The Hall–Kier alpha value is -1.28. The molecule has 0 spiro atoms. The number of aryl methyl sites for hydroxylation is 1. The maximum Gasteiger partial charge on any atom is 0.267 e. The number of nitrogens with zero attached hydrogens (tertiary/aromatic N) is 1. The van der Waals surface area contributed by atoms with Crippen LogP contribution in [0.2, 0.25) is 0 Å². The molecule has 0 bridgehead atoms. The lowest BCUT2D eigenvalue weighted by Gasteiger charge is -2.08. The molecule has 0 aromatic carbocycles. The number of aromatic nitrogens is 1. The van der Waals surface area contributed by atoms with E-state index in [1.807, 2.05) is 0 Å². The van der Waals surface area contributed by atoms with E-state index in [0.29, 0.717) is 0 Å². The summed E-state index contributed by atoms with van der Waals surface area (Å²) in [7, 11) is -4.03. The van der Waals surface area contributed by atoms with Gasteiger partial charge in [0.2, 0.25) is 0 Å². The lowest BCUT2D eigenvalue weighted by atomic mass is 10.2. The van der Waals surface area contributed by atoms with Gasteiger partial charge < -0.3 is 5.73 Å². The van der Waals surface area contributed by atoms with Crippen molar-refractivity contribution in [2.24, 2.45) is 5.14 Å². The number of halogens is 2. The second-order valence-electron chi connectivity index (χ2n) is 2.93. The van der Waals surface area contributed by atoms with Crippen molar-refractivity contribution in [3.8, 4) is 0 Å². The molecule has 0 aliphatic carbocycles. The Morgan fingerprint density at radius 3 is 2.40 bits per heavy atom. The number of sulfonamides is 1. The van der Waals surface area contributed by atoms with E-state index in [0.717, 1.165) is 6.07 Å². The predicted octanol–water partition coefficient (Wildman–Crippen LogP) is 0.557. The topological polar surface area (TPSA) is 99.1 Å². The Morgan fingerprint density at radius 2 is 2.00 bits per heavy atom. The molecule has 4 N–H and O–H groups in total. The number of rotatable bonds is 2. The molecule has 1 aromatic heterocycles. The number of nitrogens with two attached hydrogens (primary N) is 2. The molecule has 0 aliphatic heterocycles. The standard InChI is InChI=1S/C7H9F2N3O2S/c1-3-2-4(5(8)9)6(10)12-7(3)15(11,13)14/h2,5H,1H3,(H2,10,12)(H2,11,13,14). The molecule has 0 amide bonds. The number of hydrogen-bond acceptors (Lipinski definition) is 4. The largest absolute Gasteiger partial charge is 0.383 e. The van der Waals surface area contributed by atoms with Crippen LogP contribution in [0, 0.1) is 6.92 Å². The van der Waals surface area contributed by atoms with E-state index in [4.69, 9.17) is 10.9 Å². The monoisotopic (exact) mass is 237 g/mol. The van der Waals surface area contributed by atoms with Crippen molar-refractivity contribution in [2.75, 3.05) is 5.73 Å². The Kier molecular flexibility index (Phi) is 2.91. The van der Waals surface area contributed by atoms with E-state index in [2.05, 4.69) is 4.98 Å². The van der Waals surface area contributed by atoms with Gasteiger partial charge in [-0.1, -0.05) is 0 Å². The lowest BCUT2D eigenvalue weighted by molar-refractivity contribution is 0.151. The summed E-state index contributed by atoms with van der Waals surface area (Å²) in [5, 5.41) is 4.34. The second kappa shape index (κ2) is 3.70. The molecule has 1 heterocycles. The smallest absolute Gasteiger partial charge is 0.267 e. The van der Waals surface area contributed by atoms with Crippen LogP contribution < -0.4 is 10.9 Å². The first-order chi connectivity index (χ1) is 6.73. The molecule has 8 heteroatoms. The highest BCUT2D eigenvalue weighted by Crippen LogP contribution is 2.26. The van der Waals surface area contributed by atoms with Crippen LogP contribution in [-0.2, 0) is 10.0 Å². The van der Waals surface area contributed by atoms with E-state index < -0.39 is 32.9 Å². The molecule has 0 aliphatic rings. The van der Waals surface area contributed by atoms with E-state index in [1.165, 1.54) is 6.92 Å². The van der Waals surface area contributed by atoms with Crippen molar-refractivity contribution in [2.45, 2.75) is 18.4 Å². The molecule has 15 heavy (non-hydrogen) atoms. The molecule has 0 unspecified atom stereocenters. The summed E-state index contributed by atoms with van der Waals surface area (Å²) < 4.78 is 46.6. The van der Waals surface area contributed by atoms with Gasteiger partial charge in [0.1, 0.15) is 5.82 Å². The highest BCUT2D eigenvalue weighted by molar-refractivity contribution is 7.89. The minimum atomic E-state index is -4.03. The van der Waals surface area contributed by atoms with Gasteiger partial charge >= 0.3 is 0 Å². The van der Waals surface area contributed by atoms with Gasteiger partial charge in [0.15, 0.2) is 5.03 Å². The van der Waals surface area contributed by atoms with Crippen LogP contribution in [0.25, 0.3) is 0 Å². The summed E-state index contributed by atoms with van der Waals surface area (Å²) >= 11 is 0. The van der Waals surface area contributed by atoms with Gasteiger partial charge in [0.25, 0.3) is 16.4 Å². The fourth-order valence-electron chi connectivity index (χ4n) is 1.09. The van der Waals surface area contributed by atoms with Crippen molar-refractivity contribution >= 4 is 15.8 Å². The normalized spacial score (nSPS) is 12.1. The van der Waals surface area contributed by atoms with Crippen LogP contribution >= 0.6 is 0 Å². The molecule has 0 saturated heterocycles. The molecule has 0 atom stereocenters. The van der Waals surface area contributed by atoms with Crippen molar-refractivity contribution in [3.05, 3.63) is 17.2 Å². The van der Waals surface area contributed by atoms with Crippen molar-refractivity contribution in [1.82, 2.24) is 4.98 Å². The fourth-order valence-corrected chi connectivity index (χ4v) is 1.83. The van der Waals surface area contributed by atoms with Crippen LogP contribution in [0.4, 0.5) is 14.6 Å². The average molecular weight is 237 g/mol. The van der Waals surface area contributed by atoms with Crippen molar-refractivity contribution < 1.29 is 17.2 Å². The predicted molar refractivity (Wildman–Crippen MR) is 49.7 cm³/mol. The number of pyridine rings is 1. The number of nitrogen functional groups attached to an aromatic ring is 1. The van der Waals surface area contributed by atoms with Crippen molar-refractivity contribution in [3.63, 3.8) is 0 Å². The molecule has 0 saturated carbocycles. The third kappa shape index (κ3) is 2.39. The summed E-state index contributed by atoms with van der Waals surface area (Å²) in [5.74, 6) is -0.528. The summed E-state index contributed by atoms with van der Waals surface area (Å²) in [4.78, 5) is 3.35. The highest BCUT2D eigenvalue weighted by atomic mass is 32.2. The van der Waals surface area contributed by atoms with Gasteiger partial charge in [-0.2, -0.15) is 0 Å². The summed E-state index contributed by atoms with van der Waals surface area (Å²) in [6, 6.07) is 0.965. The molecule has 0 fully saturated rings. The third-order valence-corrected chi connectivity index (χ3v) is 2.68. The highest BCUT2D eigenvalue weighted by Gasteiger charge is 2.19. The quantitative estimate of drug-likeness (QED) is 0.784. The maximum absolute atomic E-state index is 12.3. The summed E-state index contributed by atoms with van der Waals surface area (Å²) in [6.45, 7) is 1.32. The lowest BCUT2D eigenvalue weighted by Crippen LogP contribution is -2.17. The molecule has 5 nitrogen and oxygen atoms in total. The zero-order valence-electron chi connectivity index (χ0n) is 7.74. The molecular weight excluding hydrogens is 228 g/mol. The maximum atomic E-state index is 12.3. The van der Waals surface area contributed by atoms with Gasteiger partial charge in [-0.05, 0) is 18.6 Å². The first-order valence-electron chi connectivity index (χ1n) is 3.81. The summed E-state index contributed by atoms with van der Waals surface area (Å²) in [5.41, 5.74) is 4.72. The summed E-state index contributed by atoms with van der Waals surface area (Å²) in [6.07, 6.45) is -2.80. The van der Waals surface area contributed by atoms with Gasteiger partial charge in [0.05, 0.1) is 5.56 Å². The van der Waals surface area contributed by atoms with Gasteiger partial charge in [-0.3, -0.25) is 0 Å². The molecule has 1 aromatic rings. The fraction of sp³-hybridized carbons (Fsp3) is 0.286. The average Bonchev–Trinajstić information content (AvgIpc) is 2.06. The molecule has 1 rings (SSSR count). The Bertz CT molecular complexity index is 487. The Morgan fingerprint density at radius 1 is 1.47 bits per heavy atom. The number of primary sulfonamides is 1. The SMILES string of the molecule is Cc1cc(C(F)F)c(N)nc1S(N)(=O)=O. The van der Waals surface area contributed by atoms with E-state index in [-0.39, 0.29) is 5.56 Å². The Labute approximate surface area is 85.2 Å². The van der Waals surface area contributed by atoms with Crippen LogP contribution in [0.1, 0.15) is 17.6 Å². The van der Waals surface area contributed by atoms with E-state index in [1.54, 1.807) is 0 Å². The van der Waals surface area contributed by atoms with Gasteiger partial charge in [-0.25, -0.2) is 27.3 Å². The first-order valence-corrected chi connectivity index (χ1v) is 5.36. The van der Waals surface area contributed by atoms with E-state index >= 15 is 0 Å². The second-order valence-corrected chi connectivity index (χ2v) is 4.41. The van der Waals surface area contributed by atoms with Crippen LogP contribution in [-0.4, -0.2) is 13.4 Å². The minimum absolute atomic E-state index is 0.0435. The molecule has 0 radical (unpaired) electrons. The Balaban J connectivity index is 3.46. The molecular formula is C7H9F2N3O2S. The zero-order valence-corrected chi connectivity index (χ0v) is 8.55. The van der Waals surface area contributed by atoms with Crippen LogP contribution in [0.3, 0.4) is 0 Å². The third-order valence-electron chi connectivity index (χ3n) is 1.73. The molecule has 84 valence electrons. The van der Waals surface area contributed by atoms with Crippen LogP contribution in [0.15, 0.2) is 11.1 Å². The van der Waals surface area contributed by atoms with E-state index in [9.17, 15) is 17.2 Å². The van der Waals surface area contributed by atoms with Crippen LogP contribution in [0.5, 0.6) is 0 Å². The number of hydrogen-bond donors (Lipinski definition) is 2. The van der Waals surface area contributed by atoms with Gasteiger partial charge in [-0.15, -0.1) is 0 Å². The first kappa shape index (κ1) is 11.8. The minimum Gasteiger partial charge on any atom is -0.383 e. The van der Waals surface area contributed by atoms with Crippen molar-refractivity contribution in [1.29, 1.82) is 0 Å².